The van der Waals surface area contributed by atoms with Crippen molar-refractivity contribution in [1.82, 2.24) is 24.1 Å². The lowest BCUT2D eigenvalue weighted by Gasteiger charge is -2.31. The summed E-state index contributed by atoms with van der Waals surface area (Å²) in [5.41, 5.74) is 2.07. The Morgan fingerprint density at radius 3 is 2.70 bits per heavy atom. The van der Waals surface area contributed by atoms with Gasteiger partial charge in [-0.2, -0.15) is 5.10 Å². The molecular weight excluding hydrogens is 358 g/mol. The Morgan fingerprint density at radius 1 is 1.22 bits per heavy atom. The molecular formula is C20H27N5OS. The highest BCUT2D eigenvalue weighted by atomic mass is 32.1. The predicted octanol–water partition coefficient (Wildman–Crippen LogP) is 3.16. The molecule has 1 aliphatic heterocycles. The van der Waals surface area contributed by atoms with Gasteiger partial charge >= 0.3 is 0 Å². The third-order valence-corrected chi connectivity index (χ3v) is 6.07. The van der Waals surface area contributed by atoms with Crippen LogP contribution >= 0.6 is 11.3 Å². The fraction of sp³-hybridized carbons (Fsp3) is 0.550. The highest BCUT2D eigenvalue weighted by molar-refractivity contribution is 7.15. The molecule has 0 aromatic carbocycles. The average Bonchev–Trinajstić information content (AvgIpc) is 3.19. The molecule has 6 nitrogen and oxygen atoms in total. The molecule has 1 aliphatic rings. The van der Waals surface area contributed by atoms with Crippen LogP contribution in [0.4, 0.5) is 0 Å². The maximum atomic E-state index is 12.2. The van der Waals surface area contributed by atoms with Crippen LogP contribution < -0.4 is 5.56 Å². The van der Waals surface area contributed by atoms with E-state index in [1.54, 1.807) is 22.1 Å². The summed E-state index contributed by atoms with van der Waals surface area (Å²) in [6.07, 6.45) is 6.37. The van der Waals surface area contributed by atoms with Crippen LogP contribution in [0, 0.1) is 5.92 Å². The van der Waals surface area contributed by atoms with Crippen molar-refractivity contribution in [3.8, 4) is 0 Å². The van der Waals surface area contributed by atoms with E-state index in [2.05, 4.69) is 57.9 Å². The molecule has 144 valence electrons. The number of imidazole rings is 1. The Morgan fingerprint density at radius 2 is 2.00 bits per heavy atom. The Hall–Kier alpha value is -1.99. The molecule has 0 saturated carbocycles. The van der Waals surface area contributed by atoms with Gasteiger partial charge in [0.2, 0.25) is 0 Å². The van der Waals surface area contributed by atoms with E-state index >= 15 is 0 Å². The van der Waals surface area contributed by atoms with Crippen molar-refractivity contribution in [1.29, 1.82) is 0 Å². The minimum absolute atomic E-state index is 0.00325. The number of hydrogen-bond donors (Lipinski definition) is 0. The second kappa shape index (κ2) is 7.20. The largest absolute Gasteiger partial charge is 0.297 e. The van der Waals surface area contributed by atoms with E-state index in [9.17, 15) is 4.79 Å². The van der Waals surface area contributed by atoms with Crippen molar-refractivity contribution in [3.63, 3.8) is 0 Å². The lowest BCUT2D eigenvalue weighted by Crippen LogP contribution is -2.37. The van der Waals surface area contributed by atoms with E-state index in [0.717, 1.165) is 55.4 Å². The van der Waals surface area contributed by atoms with Crippen molar-refractivity contribution in [2.45, 2.75) is 52.1 Å². The van der Waals surface area contributed by atoms with Gasteiger partial charge in [0, 0.05) is 42.3 Å². The van der Waals surface area contributed by atoms with Crippen LogP contribution in [0.1, 0.15) is 45.0 Å². The van der Waals surface area contributed by atoms with Gasteiger partial charge in [-0.15, -0.1) is 11.3 Å². The molecule has 1 saturated heterocycles. The van der Waals surface area contributed by atoms with Gasteiger partial charge in [-0.3, -0.25) is 14.1 Å². The van der Waals surface area contributed by atoms with E-state index in [1.165, 1.54) is 0 Å². The lowest BCUT2D eigenvalue weighted by molar-refractivity contribution is 0.162. The molecule has 27 heavy (non-hydrogen) atoms. The zero-order chi connectivity index (χ0) is 19.0. The van der Waals surface area contributed by atoms with E-state index in [0.29, 0.717) is 5.92 Å². The number of likely N-dealkylation sites (tertiary alicyclic amines) is 1. The molecule has 1 fully saturated rings. The minimum Gasteiger partial charge on any atom is -0.297 e. The maximum absolute atomic E-state index is 12.2. The van der Waals surface area contributed by atoms with Gasteiger partial charge in [0.25, 0.3) is 5.56 Å². The first-order chi connectivity index (χ1) is 12.9. The fourth-order valence-corrected chi connectivity index (χ4v) is 4.35. The van der Waals surface area contributed by atoms with Crippen LogP contribution in [-0.4, -0.2) is 37.2 Å². The summed E-state index contributed by atoms with van der Waals surface area (Å²) >= 11 is 1.67. The monoisotopic (exact) mass is 385 g/mol. The van der Waals surface area contributed by atoms with Gasteiger partial charge in [0.15, 0.2) is 4.96 Å². The van der Waals surface area contributed by atoms with Crippen LogP contribution in [0.2, 0.25) is 0 Å². The van der Waals surface area contributed by atoms with Gasteiger partial charge in [0.05, 0.1) is 11.4 Å². The summed E-state index contributed by atoms with van der Waals surface area (Å²) < 4.78 is 3.76. The smallest absolute Gasteiger partial charge is 0.266 e. The Labute approximate surface area is 163 Å². The Kier molecular flexibility index (Phi) is 4.90. The zero-order valence-electron chi connectivity index (χ0n) is 16.3. The summed E-state index contributed by atoms with van der Waals surface area (Å²) in [5, 5.41) is 6.68. The summed E-state index contributed by atoms with van der Waals surface area (Å²) in [4.78, 5) is 20.4. The van der Waals surface area contributed by atoms with Crippen LogP contribution in [0.25, 0.3) is 4.96 Å². The third-order valence-electron chi connectivity index (χ3n) is 5.30. The number of rotatable bonds is 4. The zero-order valence-corrected chi connectivity index (χ0v) is 17.1. The normalized spacial score (nSPS) is 17.0. The molecule has 4 heterocycles. The van der Waals surface area contributed by atoms with E-state index in [1.807, 2.05) is 6.07 Å². The van der Waals surface area contributed by atoms with Crippen molar-refractivity contribution in [3.05, 3.63) is 51.6 Å². The Balaban J connectivity index is 1.35. The first kappa shape index (κ1) is 18.4. The first-order valence-corrected chi connectivity index (χ1v) is 10.5. The van der Waals surface area contributed by atoms with Crippen LogP contribution in [0.3, 0.4) is 0 Å². The molecule has 0 spiro atoms. The van der Waals surface area contributed by atoms with E-state index in [-0.39, 0.29) is 11.0 Å². The van der Waals surface area contributed by atoms with Crippen LogP contribution in [0.15, 0.2) is 34.7 Å². The lowest BCUT2D eigenvalue weighted by atomic mass is 9.92. The van der Waals surface area contributed by atoms with Gasteiger partial charge in [-0.05, 0) is 37.9 Å². The number of hydrogen-bond acceptors (Lipinski definition) is 5. The van der Waals surface area contributed by atoms with Gasteiger partial charge in [0.1, 0.15) is 0 Å². The summed E-state index contributed by atoms with van der Waals surface area (Å²) in [6, 6.07) is 3.52. The quantitative estimate of drug-likeness (QED) is 0.692. The second-order valence-corrected chi connectivity index (χ2v) is 9.41. The summed E-state index contributed by atoms with van der Waals surface area (Å²) in [6.45, 7) is 10.1. The fourth-order valence-electron chi connectivity index (χ4n) is 3.63. The first-order valence-electron chi connectivity index (χ1n) is 9.60. The SMILES string of the molecule is CC(C)(C)c1ccc(=O)n(CC2CCN(Cc3cn4ccsc4n3)CC2)n1. The maximum Gasteiger partial charge on any atom is 0.266 e. The van der Waals surface area contributed by atoms with Crippen molar-refractivity contribution in [2.24, 2.45) is 5.92 Å². The van der Waals surface area contributed by atoms with Crippen molar-refractivity contribution >= 4 is 16.3 Å². The molecule has 0 aliphatic carbocycles. The number of nitrogens with zero attached hydrogens (tertiary/aromatic N) is 5. The molecule has 0 unspecified atom stereocenters. The van der Waals surface area contributed by atoms with E-state index in [4.69, 9.17) is 0 Å². The molecule has 0 radical (unpaired) electrons. The third kappa shape index (κ3) is 4.14. The summed E-state index contributed by atoms with van der Waals surface area (Å²) in [7, 11) is 0. The molecule has 3 aromatic rings. The van der Waals surface area contributed by atoms with Gasteiger partial charge in [-0.1, -0.05) is 20.8 Å². The molecule has 4 rings (SSSR count). The average molecular weight is 386 g/mol. The summed E-state index contributed by atoms with van der Waals surface area (Å²) in [5.74, 6) is 0.507. The number of aromatic nitrogens is 4. The highest BCUT2D eigenvalue weighted by Gasteiger charge is 2.22. The molecule has 3 aromatic heterocycles. The second-order valence-electron chi connectivity index (χ2n) is 8.53. The standard InChI is InChI=1S/C20H27N5OS/c1-20(2,3)17-4-5-18(26)25(22-17)12-15-6-8-23(9-7-15)13-16-14-24-10-11-27-19(24)21-16/h4-5,10-11,14-15H,6-9,12-13H2,1-3H3. The van der Waals surface area contributed by atoms with Crippen molar-refractivity contribution < 1.29 is 0 Å². The molecule has 0 N–H and O–H groups in total. The topological polar surface area (TPSA) is 55.4 Å². The van der Waals surface area contributed by atoms with Gasteiger partial charge < -0.3 is 0 Å². The van der Waals surface area contributed by atoms with E-state index < -0.39 is 0 Å². The molecule has 0 atom stereocenters. The molecule has 0 amide bonds. The van der Waals surface area contributed by atoms with Crippen molar-refractivity contribution in [2.75, 3.05) is 13.1 Å². The van der Waals surface area contributed by atoms with Crippen LogP contribution in [-0.2, 0) is 18.5 Å². The number of piperidine rings is 1. The molecule has 7 heteroatoms. The number of thiazole rings is 1. The van der Waals surface area contributed by atoms with Gasteiger partial charge in [-0.25, -0.2) is 9.67 Å². The highest BCUT2D eigenvalue weighted by Crippen LogP contribution is 2.22. The minimum atomic E-state index is -0.0445. The Bertz CT molecular complexity index is 944. The predicted molar refractivity (Wildman–Crippen MR) is 108 cm³/mol. The molecule has 0 bridgehead atoms. The number of fused-ring (bicyclic) bond motifs is 1. The van der Waals surface area contributed by atoms with Crippen LogP contribution in [0.5, 0.6) is 0 Å².